The van der Waals surface area contributed by atoms with Gasteiger partial charge in [0.2, 0.25) is 0 Å². The summed E-state index contributed by atoms with van der Waals surface area (Å²) in [5, 5.41) is 12.8. The van der Waals surface area contributed by atoms with E-state index in [1.54, 1.807) is 7.11 Å². The second-order valence-electron chi connectivity index (χ2n) is 4.82. The molecular formula is C14H20BrNO2. The Hall–Kier alpha value is -0.580. The van der Waals surface area contributed by atoms with Gasteiger partial charge in [0, 0.05) is 23.7 Å². The maximum absolute atomic E-state index is 9.30. The number of benzene rings is 1. The van der Waals surface area contributed by atoms with Crippen molar-refractivity contribution in [3.05, 3.63) is 28.2 Å². The Bertz CT molecular complexity index is 397. The molecule has 3 nitrogen and oxygen atoms in total. The number of halogens is 1. The van der Waals surface area contributed by atoms with E-state index in [0.717, 1.165) is 29.6 Å². The standard InChI is InChI=1S/C14H20BrNO2/c1-18-12-5-6-13(15)11(7-12)8-16-14-4-2-3-10(14)9-17/h5-7,10,14,16-17H,2-4,8-9H2,1H3. The van der Waals surface area contributed by atoms with Crippen molar-refractivity contribution < 1.29 is 9.84 Å². The molecular weight excluding hydrogens is 294 g/mol. The number of hydrogen-bond donors (Lipinski definition) is 2. The van der Waals surface area contributed by atoms with Crippen LogP contribution in [0.4, 0.5) is 0 Å². The van der Waals surface area contributed by atoms with Gasteiger partial charge in [0.1, 0.15) is 5.75 Å². The first-order valence-corrected chi connectivity index (χ1v) is 7.20. The number of aliphatic hydroxyl groups is 1. The predicted octanol–water partition coefficient (Wildman–Crippen LogP) is 2.71. The zero-order valence-electron chi connectivity index (χ0n) is 10.7. The number of methoxy groups -OCH3 is 1. The first-order valence-electron chi connectivity index (χ1n) is 6.41. The van der Waals surface area contributed by atoms with Crippen molar-refractivity contribution in [3.63, 3.8) is 0 Å². The van der Waals surface area contributed by atoms with Gasteiger partial charge in [-0.1, -0.05) is 22.4 Å². The van der Waals surface area contributed by atoms with Crippen LogP contribution in [0.25, 0.3) is 0 Å². The number of hydrogen-bond acceptors (Lipinski definition) is 3. The first kappa shape index (κ1) is 13.8. The molecule has 2 unspecified atom stereocenters. The van der Waals surface area contributed by atoms with Crippen molar-refractivity contribution >= 4 is 15.9 Å². The Morgan fingerprint density at radius 3 is 3.00 bits per heavy atom. The molecule has 1 saturated carbocycles. The van der Waals surface area contributed by atoms with Crippen LogP contribution in [0.3, 0.4) is 0 Å². The van der Waals surface area contributed by atoms with E-state index in [1.165, 1.54) is 12.0 Å². The van der Waals surface area contributed by atoms with E-state index in [9.17, 15) is 5.11 Å². The van der Waals surface area contributed by atoms with E-state index in [-0.39, 0.29) is 6.61 Å². The molecule has 4 heteroatoms. The number of nitrogens with one attached hydrogen (secondary N) is 1. The minimum absolute atomic E-state index is 0.289. The van der Waals surface area contributed by atoms with Crippen molar-refractivity contribution in [3.8, 4) is 5.75 Å². The summed E-state index contributed by atoms with van der Waals surface area (Å²) in [5.41, 5.74) is 1.19. The number of rotatable bonds is 5. The topological polar surface area (TPSA) is 41.5 Å². The lowest BCUT2D eigenvalue weighted by molar-refractivity contribution is 0.205. The molecule has 2 rings (SSSR count). The van der Waals surface area contributed by atoms with Crippen molar-refractivity contribution in [2.45, 2.75) is 31.8 Å². The lowest BCUT2D eigenvalue weighted by atomic mass is 10.0. The summed E-state index contributed by atoms with van der Waals surface area (Å²) >= 11 is 3.56. The van der Waals surface area contributed by atoms with Gasteiger partial charge in [-0.15, -0.1) is 0 Å². The highest BCUT2D eigenvalue weighted by atomic mass is 79.9. The third kappa shape index (κ3) is 3.25. The van der Waals surface area contributed by atoms with Crippen LogP contribution in [-0.4, -0.2) is 24.9 Å². The molecule has 18 heavy (non-hydrogen) atoms. The second kappa shape index (κ2) is 6.55. The molecule has 100 valence electrons. The summed E-state index contributed by atoms with van der Waals surface area (Å²) in [7, 11) is 1.68. The fourth-order valence-corrected chi connectivity index (χ4v) is 2.97. The van der Waals surface area contributed by atoms with Crippen LogP contribution in [0, 0.1) is 5.92 Å². The molecule has 1 aromatic rings. The van der Waals surface area contributed by atoms with Gasteiger partial charge in [0.15, 0.2) is 0 Å². The fourth-order valence-electron chi connectivity index (χ4n) is 2.58. The van der Waals surface area contributed by atoms with Gasteiger partial charge in [0.25, 0.3) is 0 Å². The monoisotopic (exact) mass is 313 g/mol. The van der Waals surface area contributed by atoms with Gasteiger partial charge >= 0.3 is 0 Å². The SMILES string of the molecule is COc1ccc(Br)c(CNC2CCCC2CO)c1. The molecule has 1 aromatic carbocycles. The van der Waals surface area contributed by atoms with E-state index < -0.39 is 0 Å². The highest BCUT2D eigenvalue weighted by Crippen LogP contribution is 2.27. The van der Waals surface area contributed by atoms with E-state index in [2.05, 4.69) is 21.2 Å². The van der Waals surface area contributed by atoms with Crippen LogP contribution in [0.5, 0.6) is 5.75 Å². The van der Waals surface area contributed by atoms with Crippen LogP contribution in [0.2, 0.25) is 0 Å². The Balaban J connectivity index is 1.97. The Morgan fingerprint density at radius 2 is 2.28 bits per heavy atom. The molecule has 0 saturated heterocycles. The molecule has 2 atom stereocenters. The highest BCUT2D eigenvalue weighted by molar-refractivity contribution is 9.10. The van der Waals surface area contributed by atoms with E-state index >= 15 is 0 Å². The summed E-state index contributed by atoms with van der Waals surface area (Å²) in [4.78, 5) is 0. The van der Waals surface area contributed by atoms with Crippen LogP contribution in [-0.2, 0) is 6.54 Å². The van der Waals surface area contributed by atoms with E-state index in [1.807, 2.05) is 18.2 Å². The fraction of sp³-hybridized carbons (Fsp3) is 0.571. The summed E-state index contributed by atoms with van der Waals surface area (Å²) in [6.07, 6.45) is 3.50. The van der Waals surface area contributed by atoms with Crippen LogP contribution >= 0.6 is 15.9 Å². The predicted molar refractivity (Wildman–Crippen MR) is 75.7 cm³/mol. The molecule has 1 aliphatic carbocycles. The van der Waals surface area contributed by atoms with E-state index in [4.69, 9.17) is 4.74 Å². The van der Waals surface area contributed by atoms with Gasteiger partial charge < -0.3 is 15.2 Å². The smallest absolute Gasteiger partial charge is 0.119 e. The second-order valence-corrected chi connectivity index (χ2v) is 5.67. The lowest BCUT2D eigenvalue weighted by Crippen LogP contribution is -2.33. The highest BCUT2D eigenvalue weighted by Gasteiger charge is 2.25. The Kier molecular flexibility index (Phi) is 5.03. The maximum Gasteiger partial charge on any atom is 0.119 e. The molecule has 2 N–H and O–H groups in total. The molecule has 1 aliphatic rings. The summed E-state index contributed by atoms with van der Waals surface area (Å²) in [5.74, 6) is 1.29. The van der Waals surface area contributed by atoms with Crippen molar-refractivity contribution in [1.29, 1.82) is 0 Å². The zero-order chi connectivity index (χ0) is 13.0. The minimum Gasteiger partial charge on any atom is -0.497 e. The first-order chi connectivity index (χ1) is 8.74. The van der Waals surface area contributed by atoms with Gasteiger partial charge in [0.05, 0.1) is 7.11 Å². The molecule has 0 heterocycles. The molecule has 0 amide bonds. The van der Waals surface area contributed by atoms with Crippen LogP contribution in [0.15, 0.2) is 22.7 Å². The van der Waals surface area contributed by atoms with Gasteiger partial charge in [-0.05, 0) is 42.5 Å². The van der Waals surface area contributed by atoms with Gasteiger partial charge in [-0.25, -0.2) is 0 Å². The van der Waals surface area contributed by atoms with Crippen molar-refractivity contribution in [1.82, 2.24) is 5.32 Å². The van der Waals surface area contributed by atoms with Crippen LogP contribution < -0.4 is 10.1 Å². The third-order valence-corrected chi connectivity index (χ3v) is 4.47. The Morgan fingerprint density at radius 1 is 1.44 bits per heavy atom. The normalized spacial score (nSPS) is 23.3. The molecule has 0 spiro atoms. The van der Waals surface area contributed by atoms with Crippen LogP contribution in [0.1, 0.15) is 24.8 Å². The molecule has 0 aliphatic heterocycles. The zero-order valence-corrected chi connectivity index (χ0v) is 12.2. The number of aliphatic hydroxyl groups excluding tert-OH is 1. The minimum atomic E-state index is 0.289. The molecule has 0 bridgehead atoms. The van der Waals surface area contributed by atoms with Crippen molar-refractivity contribution in [2.24, 2.45) is 5.92 Å². The maximum atomic E-state index is 9.30. The van der Waals surface area contributed by atoms with Crippen molar-refractivity contribution in [2.75, 3.05) is 13.7 Å². The summed E-state index contributed by atoms with van der Waals surface area (Å²) < 4.78 is 6.33. The average Bonchev–Trinajstić information content (AvgIpc) is 2.85. The Labute approximate surface area is 117 Å². The average molecular weight is 314 g/mol. The quantitative estimate of drug-likeness (QED) is 0.878. The summed E-state index contributed by atoms with van der Waals surface area (Å²) in [6.45, 7) is 1.09. The largest absolute Gasteiger partial charge is 0.497 e. The molecule has 1 fully saturated rings. The molecule has 0 radical (unpaired) electrons. The molecule has 0 aromatic heterocycles. The number of ether oxygens (including phenoxy) is 1. The van der Waals surface area contributed by atoms with E-state index in [0.29, 0.717) is 12.0 Å². The lowest BCUT2D eigenvalue weighted by Gasteiger charge is -2.19. The van der Waals surface area contributed by atoms with Gasteiger partial charge in [-0.2, -0.15) is 0 Å². The third-order valence-electron chi connectivity index (χ3n) is 3.70. The van der Waals surface area contributed by atoms with Gasteiger partial charge in [-0.3, -0.25) is 0 Å². The summed E-state index contributed by atoms with van der Waals surface area (Å²) in [6, 6.07) is 6.43.